The van der Waals surface area contributed by atoms with Gasteiger partial charge in [-0.25, -0.2) is 4.98 Å². The standard InChI is InChI=1S/C13H12N2O2S/c16-11(17)7-10-12(8-1-2-8)15-13(18-10)9-3-5-14-6-4-9/h3-6,8H,1-2,7H2,(H,16,17). The van der Waals surface area contributed by atoms with E-state index in [0.717, 1.165) is 34.0 Å². The van der Waals surface area contributed by atoms with Crippen LogP contribution in [0.1, 0.15) is 29.3 Å². The molecule has 0 spiro atoms. The summed E-state index contributed by atoms with van der Waals surface area (Å²) in [5, 5.41) is 9.84. The molecule has 5 heteroatoms. The molecule has 0 radical (unpaired) electrons. The van der Waals surface area contributed by atoms with E-state index in [1.54, 1.807) is 12.4 Å². The number of carboxylic acid groups (broad SMARTS) is 1. The Bertz CT molecular complexity index is 576. The van der Waals surface area contributed by atoms with Crippen molar-refractivity contribution in [2.45, 2.75) is 25.2 Å². The number of hydrogen-bond acceptors (Lipinski definition) is 4. The molecule has 1 aliphatic carbocycles. The third-order valence-electron chi connectivity index (χ3n) is 2.93. The van der Waals surface area contributed by atoms with Crippen LogP contribution in [0.15, 0.2) is 24.5 Å². The van der Waals surface area contributed by atoms with Crippen LogP contribution in [-0.4, -0.2) is 21.0 Å². The SMILES string of the molecule is O=C(O)Cc1sc(-c2ccncc2)nc1C1CC1. The fourth-order valence-electron chi connectivity index (χ4n) is 1.92. The Labute approximate surface area is 108 Å². The van der Waals surface area contributed by atoms with E-state index in [9.17, 15) is 4.79 Å². The second-order valence-corrected chi connectivity index (χ2v) is 5.49. The maximum atomic E-state index is 10.9. The van der Waals surface area contributed by atoms with Crippen LogP contribution in [0.3, 0.4) is 0 Å². The van der Waals surface area contributed by atoms with Crippen LogP contribution in [0.2, 0.25) is 0 Å². The second-order valence-electron chi connectivity index (χ2n) is 4.41. The van der Waals surface area contributed by atoms with Gasteiger partial charge in [0.25, 0.3) is 0 Å². The molecule has 0 bridgehead atoms. The monoisotopic (exact) mass is 260 g/mol. The van der Waals surface area contributed by atoms with Gasteiger partial charge in [-0.1, -0.05) is 0 Å². The fourth-order valence-corrected chi connectivity index (χ4v) is 3.07. The highest BCUT2D eigenvalue weighted by Gasteiger charge is 2.30. The van der Waals surface area contributed by atoms with Crippen molar-refractivity contribution in [2.75, 3.05) is 0 Å². The number of rotatable bonds is 4. The van der Waals surface area contributed by atoms with Gasteiger partial charge in [-0.3, -0.25) is 9.78 Å². The first-order valence-corrected chi connectivity index (χ1v) is 6.67. The van der Waals surface area contributed by atoms with Crippen molar-refractivity contribution in [3.05, 3.63) is 35.1 Å². The largest absolute Gasteiger partial charge is 0.481 e. The molecule has 2 aromatic heterocycles. The van der Waals surface area contributed by atoms with E-state index in [1.807, 2.05) is 12.1 Å². The van der Waals surface area contributed by atoms with Crippen molar-refractivity contribution < 1.29 is 9.90 Å². The molecular formula is C13H12N2O2S. The smallest absolute Gasteiger partial charge is 0.308 e. The molecule has 0 aromatic carbocycles. The summed E-state index contributed by atoms with van der Waals surface area (Å²) >= 11 is 1.49. The maximum Gasteiger partial charge on any atom is 0.308 e. The summed E-state index contributed by atoms with van der Waals surface area (Å²) in [6, 6.07) is 3.81. The third kappa shape index (κ3) is 2.26. The van der Waals surface area contributed by atoms with Crippen molar-refractivity contribution in [3.8, 4) is 10.6 Å². The van der Waals surface area contributed by atoms with Crippen LogP contribution in [-0.2, 0) is 11.2 Å². The number of thiazole rings is 1. The Morgan fingerprint density at radius 3 is 2.72 bits per heavy atom. The molecule has 4 nitrogen and oxygen atoms in total. The lowest BCUT2D eigenvalue weighted by atomic mass is 10.2. The van der Waals surface area contributed by atoms with Gasteiger partial charge in [0.15, 0.2) is 0 Å². The average Bonchev–Trinajstić information content (AvgIpc) is 3.12. The Morgan fingerprint density at radius 2 is 2.11 bits per heavy atom. The van der Waals surface area contributed by atoms with Gasteiger partial charge in [-0.15, -0.1) is 11.3 Å². The predicted octanol–water partition coefficient (Wildman–Crippen LogP) is 2.71. The van der Waals surface area contributed by atoms with Gasteiger partial charge < -0.3 is 5.11 Å². The summed E-state index contributed by atoms with van der Waals surface area (Å²) in [7, 11) is 0. The van der Waals surface area contributed by atoms with Crippen LogP contribution in [0.25, 0.3) is 10.6 Å². The van der Waals surface area contributed by atoms with Crippen LogP contribution >= 0.6 is 11.3 Å². The molecule has 1 fully saturated rings. The number of aromatic nitrogens is 2. The molecule has 18 heavy (non-hydrogen) atoms. The Balaban J connectivity index is 1.99. The number of aliphatic carboxylic acids is 1. The lowest BCUT2D eigenvalue weighted by molar-refractivity contribution is -0.136. The van der Waals surface area contributed by atoms with Crippen molar-refractivity contribution in [1.29, 1.82) is 0 Å². The highest BCUT2D eigenvalue weighted by molar-refractivity contribution is 7.15. The molecule has 0 aliphatic heterocycles. The first-order valence-electron chi connectivity index (χ1n) is 5.86. The van der Waals surface area contributed by atoms with Gasteiger partial charge in [-0.05, 0) is 25.0 Å². The van der Waals surface area contributed by atoms with E-state index in [-0.39, 0.29) is 6.42 Å². The van der Waals surface area contributed by atoms with Gasteiger partial charge in [0.1, 0.15) is 5.01 Å². The number of hydrogen-bond donors (Lipinski definition) is 1. The van der Waals surface area contributed by atoms with Crippen LogP contribution in [0, 0.1) is 0 Å². The van der Waals surface area contributed by atoms with E-state index in [0.29, 0.717) is 5.92 Å². The van der Waals surface area contributed by atoms with Gasteiger partial charge in [0, 0.05) is 28.8 Å². The molecule has 1 aliphatic rings. The first-order chi connectivity index (χ1) is 8.74. The van der Waals surface area contributed by atoms with Crippen molar-refractivity contribution >= 4 is 17.3 Å². The zero-order chi connectivity index (χ0) is 12.5. The maximum absolute atomic E-state index is 10.9. The quantitative estimate of drug-likeness (QED) is 0.918. The summed E-state index contributed by atoms with van der Waals surface area (Å²) in [5.74, 6) is -0.312. The van der Waals surface area contributed by atoms with Crippen molar-refractivity contribution in [1.82, 2.24) is 9.97 Å². The number of carboxylic acids is 1. The van der Waals surface area contributed by atoms with Gasteiger partial charge in [0.2, 0.25) is 0 Å². The van der Waals surface area contributed by atoms with Crippen LogP contribution < -0.4 is 0 Å². The molecular weight excluding hydrogens is 248 g/mol. The van der Waals surface area contributed by atoms with Gasteiger partial charge in [-0.2, -0.15) is 0 Å². The summed E-state index contributed by atoms with van der Waals surface area (Å²) in [5.41, 5.74) is 2.00. The molecule has 1 N–H and O–H groups in total. The Hall–Kier alpha value is -1.75. The molecule has 0 atom stereocenters. The minimum Gasteiger partial charge on any atom is -0.481 e. The Morgan fingerprint density at radius 1 is 1.39 bits per heavy atom. The molecule has 0 amide bonds. The van der Waals surface area contributed by atoms with Crippen molar-refractivity contribution in [3.63, 3.8) is 0 Å². The topological polar surface area (TPSA) is 63.1 Å². The van der Waals surface area contributed by atoms with E-state index in [1.165, 1.54) is 11.3 Å². The molecule has 2 heterocycles. The molecule has 2 aromatic rings. The molecule has 0 unspecified atom stereocenters. The van der Waals surface area contributed by atoms with E-state index >= 15 is 0 Å². The number of nitrogens with zero attached hydrogens (tertiary/aromatic N) is 2. The third-order valence-corrected chi connectivity index (χ3v) is 4.05. The lowest BCUT2D eigenvalue weighted by Gasteiger charge is -1.95. The van der Waals surface area contributed by atoms with E-state index < -0.39 is 5.97 Å². The second kappa shape index (κ2) is 4.49. The molecule has 0 saturated heterocycles. The lowest BCUT2D eigenvalue weighted by Crippen LogP contribution is -2.00. The predicted molar refractivity (Wildman–Crippen MR) is 68.7 cm³/mol. The normalized spacial score (nSPS) is 14.7. The highest BCUT2D eigenvalue weighted by atomic mass is 32.1. The minimum absolute atomic E-state index is 0.0780. The number of carbonyl (C=O) groups is 1. The zero-order valence-corrected chi connectivity index (χ0v) is 10.5. The van der Waals surface area contributed by atoms with Crippen LogP contribution in [0.4, 0.5) is 0 Å². The minimum atomic E-state index is -0.790. The Kier molecular flexibility index (Phi) is 2.83. The van der Waals surface area contributed by atoms with Gasteiger partial charge >= 0.3 is 5.97 Å². The zero-order valence-electron chi connectivity index (χ0n) is 9.67. The summed E-state index contributed by atoms with van der Waals surface area (Å²) in [4.78, 5) is 20.4. The number of pyridine rings is 1. The fraction of sp³-hybridized carbons (Fsp3) is 0.308. The van der Waals surface area contributed by atoms with Gasteiger partial charge in [0.05, 0.1) is 12.1 Å². The average molecular weight is 260 g/mol. The first kappa shape index (κ1) is 11.3. The van der Waals surface area contributed by atoms with E-state index in [2.05, 4.69) is 9.97 Å². The van der Waals surface area contributed by atoms with Crippen LogP contribution in [0.5, 0.6) is 0 Å². The molecule has 1 saturated carbocycles. The summed E-state index contributed by atoms with van der Waals surface area (Å²) in [6.07, 6.45) is 5.79. The summed E-state index contributed by atoms with van der Waals surface area (Å²) < 4.78 is 0. The summed E-state index contributed by atoms with van der Waals surface area (Å²) in [6.45, 7) is 0. The molecule has 3 rings (SSSR count). The highest BCUT2D eigenvalue weighted by Crippen LogP contribution is 2.44. The molecule has 92 valence electrons. The van der Waals surface area contributed by atoms with E-state index in [4.69, 9.17) is 5.11 Å². The van der Waals surface area contributed by atoms with Crippen molar-refractivity contribution in [2.24, 2.45) is 0 Å².